The Hall–Kier alpha value is -2.48. The van der Waals surface area contributed by atoms with Crippen molar-refractivity contribution in [2.45, 2.75) is 6.92 Å². The Labute approximate surface area is 110 Å². The van der Waals surface area contributed by atoms with Gasteiger partial charge in [-0.1, -0.05) is 30.3 Å². The lowest BCUT2D eigenvalue weighted by Gasteiger charge is -2.19. The molecule has 1 heterocycles. The highest BCUT2D eigenvalue weighted by Gasteiger charge is 2.25. The predicted octanol–water partition coefficient (Wildman–Crippen LogP) is 3.75. The summed E-state index contributed by atoms with van der Waals surface area (Å²) in [7, 11) is 0. The summed E-state index contributed by atoms with van der Waals surface area (Å²) in [6, 6.07) is 13.7. The molecule has 1 aliphatic carbocycles. The molecule has 0 bridgehead atoms. The number of hydrogen-bond acceptors (Lipinski definition) is 2. The van der Waals surface area contributed by atoms with Gasteiger partial charge in [0.05, 0.1) is 5.69 Å². The van der Waals surface area contributed by atoms with E-state index in [1.54, 1.807) is 0 Å². The molecule has 0 unspecified atom stereocenters. The average molecular weight is 245 g/mol. The lowest BCUT2D eigenvalue weighted by Crippen LogP contribution is -2.11. The third kappa shape index (κ3) is 1.31. The van der Waals surface area contributed by atoms with Gasteiger partial charge >= 0.3 is 0 Å². The first-order valence-corrected chi connectivity index (χ1v) is 6.29. The van der Waals surface area contributed by atoms with Gasteiger partial charge in [-0.15, -0.1) is 0 Å². The molecule has 4 rings (SSSR count). The smallest absolute Gasteiger partial charge is 0.194 e. The predicted molar refractivity (Wildman–Crippen MR) is 75.3 cm³/mol. The maximum Gasteiger partial charge on any atom is 0.194 e. The van der Waals surface area contributed by atoms with Crippen molar-refractivity contribution < 1.29 is 4.79 Å². The summed E-state index contributed by atoms with van der Waals surface area (Å²) in [5, 5.41) is 2.07. The van der Waals surface area contributed by atoms with E-state index in [0.29, 0.717) is 0 Å². The van der Waals surface area contributed by atoms with E-state index in [2.05, 4.69) is 11.1 Å². The quantitative estimate of drug-likeness (QED) is 0.472. The van der Waals surface area contributed by atoms with Crippen LogP contribution >= 0.6 is 0 Å². The zero-order valence-corrected chi connectivity index (χ0v) is 10.5. The molecule has 1 aromatic heterocycles. The molecule has 0 radical (unpaired) electrons. The zero-order valence-electron chi connectivity index (χ0n) is 10.5. The second kappa shape index (κ2) is 3.51. The number of nitrogens with zero attached hydrogens (tertiary/aromatic N) is 1. The number of aromatic nitrogens is 1. The fourth-order valence-corrected chi connectivity index (χ4v) is 2.88. The summed E-state index contributed by atoms with van der Waals surface area (Å²) in [5.41, 5.74) is 4.49. The highest BCUT2D eigenvalue weighted by Crippen LogP contribution is 2.38. The molecule has 0 saturated heterocycles. The lowest BCUT2D eigenvalue weighted by molar-refractivity contribution is 0.104. The lowest BCUT2D eigenvalue weighted by atomic mass is 9.85. The number of aryl methyl sites for hydroxylation is 1. The SMILES string of the molecule is Cc1cc2c3c(nccc3c1)-c1ccccc1C2=O. The summed E-state index contributed by atoms with van der Waals surface area (Å²) in [6.45, 7) is 2.02. The first-order valence-electron chi connectivity index (χ1n) is 6.29. The van der Waals surface area contributed by atoms with Gasteiger partial charge in [0.1, 0.15) is 0 Å². The van der Waals surface area contributed by atoms with Gasteiger partial charge in [-0.25, -0.2) is 0 Å². The van der Waals surface area contributed by atoms with Gasteiger partial charge in [-0.05, 0) is 30.0 Å². The second-order valence-electron chi connectivity index (χ2n) is 4.94. The number of fused-ring (bicyclic) bond motifs is 2. The molecule has 0 fully saturated rings. The number of ketones is 1. The van der Waals surface area contributed by atoms with Crippen LogP contribution in [0.1, 0.15) is 21.5 Å². The van der Waals surface area contributed by atoms with E-state index in [1.165, 1.54) is 0 Å². The van der Waals surface area contributed by atoms with Crippen molar-refractivity contribution in [2.24, 2.45) is 0 Å². The van der Waals surface area contributed by atoms with Gasteiger partial charge < -0.3 is 0 Å². The molecule has 0 N–H and O–H groups in total. The summed E-state index contributed by atoms with van der Waals surface area (Å²) >= 11 is 0. The normalized spacial score (nSPS) is 12.6. The topological polar surface area (TPSA) is 30.0 Å². The summed E-state index contributed by atoms with van der Waals surface area (Å²) in [5.74, 6) is 0.102. The van der Waals surface area contributed by atoms with Gasteiger partial charge in [0.2, 0.25) is 0 Å². The molecular formula is C17H11NO. The van der Waals surface area contributed by atoms with Crippen LogP contribution in [0.3, 0.4) is 0 Å². The van der Waals surface area contributed by atoms with Crippen molar-refractivity contribution in [2.75, 3.05) is 0 Å². The molecule has 2 nitrogen and oxygen atoms in total. The van der Waals surface area contributed by atoms with Crippen LogP contribution in [-0.4, -0.2) is 10.8 Å². The van der Waals surface area contributed by atoms with Crippen LogP contribution in [0.2, 0.25) is 0 Å². The van der Waals surface area contributed by atoms with Gasteiger partial charge in [-0.3, -0.25) is 9.78 Å². The summed E-state index contributed by atoms with van der Waals surface area (Å²) in [4.78, 5) is 17.1. The highest BCUT2D eigenvalue weighted by atomic mass is 16.1. The molecule has 0 spiro atoms. The van der Waals surface area contributed by atoms with Crippen LogP contribution in [0.4, 0.5) is 0 Å². The molecule has 0 aliphatic heterocycles. The van der Waals surface area contributed by atoms with Crippen molar-refractivity contribution in [3.05, 3.63) is 65.4 Å². The summed E-state index contributed by atoms with van der Waals surface area (Å²) in [6.07, 6.45) is 1.81. The van der Waals surface area contributed by atoms with Crippen LogP contribution in [-0.2, 0) is 0 Å². The van der Waals surface area contributed by atoms with E-state index in [1.807, 2.05) is 49.5 Å². The number of rotatable bonds is 0. The Balaban J connectivity index is 2.27. The molecule has 3 aromatic rings. The minimum Gasteiger partial charge on any atom is -0.289 e. The molecule has 1 aliphatic rings. The van der Waals surface area contributed by atoms with E-state index in [9.17, 15) is 4.79 Å². The van der Waals surface area contributed by atoms with Gasteiger partial charge in [0.25, 0.3) is 0 Å². The molecule has 2 heteroatoms. The minimum atomic E-state index is 0.102. The minimum absolute atomic E-state index is 0.102. The van der Waals surface area contributed by atoms with Crippen molar-refractivity contribution in [3.63, 3.8) is 0 Å². The molecule has 0 amide bonds. The van der Waals surface area contributed by atoms with E-state index < -0.39 is 0 Å². The first-order chi connectivity index (χ1) is 9.25. The van der Waals surface area contributed by atoms with Crippen molar-refractivity contribution in [1.29, 1.82) is 0 Å². The van der Waals surface area contributed by atoms with E-state index in [4.69, 9.17) is 0 Å². The second-order valence-corrected chi connectivity index (χ2v) is 4.94. The Bertz CT molecular complexity index is 849. The zero-order chi connectivity index (χ0) is 13.0. The monoisotopic (exact) mass is 245 g/mol. The molecule has 19 heavy (non-hydrogen) atoms. The Morgan fingerprint density at radius 1 is 0.947 bits per heavy atom. The van der Waals surface area contributed by atoms with E-state index in [0.717, 1.165) is 38.7 Å². The average Bonchev–Trinajstić information content (AvgIpc) is 2.44. The standard InChI is InChI=1S/C17H11NO/c1-10-8-11-6-7-18-16-12-4-2-3-5-13(12)17(19)14(9-10)15(11)16/h2-9H,1H3. The van der Waals surface area contributed by atoms with Crippen LogP contribution in [0, 0.1) is 6.92 Å². The van der Waals surface area contributed by atoms with Gasteiger partial charge in [-0.2, -0.15) is 0 Å². The molecular weight excluding hydrogens is 234 g/mol. The Kier molecular flexibility index (Phi) is 1.93. The number of hydrogen-bond donors (Lipinski definition) is 0. The summed E-state index contributed by atoms with van der Waals surface area (Å²) < 4.78 is 0. The number of carbonyl (C=O) groups is 1. The molecule has 0 saturated carbocycles. The fraction of sp³-hybridized carbons (Fsp3) is 0.0588. The van der Waals surface area contributed by atoms with Gasteiger partial charge in [0, 0.05) is 28.3 Å². The van der Waals surface area contributed by atoms with Crippen LogP contribution in [0.5, 0.6) is 0 Å². The van der Waals surface area contributed by atoms with E-state index in [-0.39, 0.29) is 5.78 Å². The third-order valence-corrected chi connectivity index (χ3v) is 3.68. The molecule has 2 aromatic carbocycles. The fourth-order valence-electron chi connectivity index (χ4n) is 2.88. The molecule has 90 valence electrons. The largest absolute Gasteiger partial charge is 0.289 e. The Morgan fingerprint density at radius 2 is 1.74 bits per heavy atom. The number of benzene rings is 2. The highest BCUT2D eigenvalue weighted by molar-refractivity contribution is 6.25. The van der Waals surface area contributed by atoms with Crippen LogP contribution < -0.4 is 0 Å². The third-order valence-electron chi connectivity index (χ3n) is 3.68. The van der Waals surface area contributed by atoms with E-state index >= 15 is 0 Å². The molecule has 0 atom stereocenters. The van der Waals surface area contributed by atoms with Gasteiger partial charge in [0.15, 0.2) is 5.78 Å². The van der Waals surface area contributed by atoms with Crippen LogP contribution in [0.25, 0.3) is 22.0 Å². The maximum absolute atomic E-state index is 12.6. The van der Waals surface area contributed by atoms with Crippen molar-refractivity contribution >= 4 is 16.6 Å². The first kappa shape index (κ1) is 10.4. The number of carbonyl (C=O) groups excluding carboxylic acids is 1. The van der Waals surface area contributed by atoms with Crippen molar-refractivity contribution in [3.8, 4) is 11.3 Å². The maximum atomic E-state index is 12.6. The Morgan fingerprint density at radius 3 is 2.58 bits per heavy atom. The van der Waals surface area contributed by atoms with Crippen LogP contribution in [0.15, 0.2) is 48.7 Å². The van der Waals surface area contributed by atoms with Crippen molar-refractivity contribution in [1.82, 2.24) is 4.98 Å². The number of pyridine rings is 1.